The largest absolute Gasteiger partial charge is 0.416 e. The molecule has 1 amide bonds. The van der Waals surface area contributed by atoms with Crippen LogP contribution in [0.15, 0.2) is 67.0 Å². The fourth-order valence-electron chi connectivity index (χ4n) is 2.66. The average molecular weight is 385 g/mol. The highest BCUT2D eigenvalue weighted by atomic mass is 19.4. The van der Waals surface area contributed by atoms with Gasteiger partial charge in [0.15, 0.2) is 0 Å². The summed E-state index contributed by atoms with van der Waals surface area (Å²) in [5, 5.41) is 5.66. The quantitative estimate of drug-likeness (QED) is 0.629. The van der Waals surface area contributed by atoms with Crippen molar-refractivity contribution in [1.29, 1.82) is 0 Å². The molecule has 0 saturated heterocycles. The van der Waals surface area contributed by atoms with Crippen molar-refractivity contribution in [1.82, 2.24) is 4.98 Å². The lowest BCUT2D eigenvalue weighted by molar-refractivity contribution is -0.137. The van der Waals surface area contributed by atoms with Crippen molar-refractivity contribution < 1.29 is 18.0 Å². The molecule has 0 spiro atoms. The minimum absolute atomic E-state index is 0.0675. The summed E-state index contributed by atoms with van der Waals surface area (Å²) in [6.45, 7) is 2.56. The lowest BCUT2D eigenvalue weighted by Gasteiger charge is -2.11. The van der Waals surface area contributed by atoms with Crippen LogP contribution in [0.25, 0.3) is 0 Å². The summed E-state index contributed by atoms with van der Waals surface area (Å²) < 4.78 is 38.4. The molecule has 2 aromatic carbocycles. The Morgan fingerprint density at radius 3 is 2.54 bits per heavy atom. The fourth-order valence-corrected chi connectivity index (χ4v) is 2.66. The number of hydrogen-bond donors (Lipinski definition) is 2. The molecule has 0 aliphatic rings. The Labute approximate surface area is 160 Å². The molecule has 7 heteroatoms. The highest BCUT2D eigenvalue weighted by molar-refractivity contribution is 6.04. The van der Waals surface area contributed by atoms with Crippen LogP contribution in [0.2, 0.25) is 0 Å². The van der Waals surface area contributed by atoms with E-state index in [0.29, 0.717) is 12.2 Å². The van der Waals surface area contributed by atoms with Gasteiger partial charge in [0, 0.05) is 24.6 Å². The van der Waals surface area contributed by atoms with Crippen LogP contribution in [0.5, 0.6) is 0 Å². The minimum atomic E-state index is -4.47. The monoisotopic (exact) mass is 385 g/mol. The van der Waals surface area contributed by atoms with Gasteiger partial charge in [0.25, 0.3) is 5.91 Å². The molecule has 0 aliphatic carbocycles. The summed E-state index contributed by atoms with van der Waals surface area (Å²) in [6, 6.07) is 14.1. The SMILES string of the molecule is Cc1cccc(CNc2cncc(C(=O)Nc3cccc(C(F)(F)F)c3)c2)c1. The van der Waals surface area contributed by atoms with E-state index in [-0.39, 0.29) is 11.3 Å². The first-order chi connectivity index (χ1) is 13.3. The molecule has 144 valence electrons. The maximum absolute atomic E-state index is 12.8. The summed E-state index contributed by atoms with van der Waals surface area (Å²) in [7, 11) is 0. The van der Waals surface area contributed by atoms with Gasteiger partial charge in [-0.05, 0) is 36.8 Å². The van der Waals surface area contributed by atoms with E-state index in [4.69, 9.17) is 0 Å². The Morgan fingerprint density at radius 2 is 1.79 bits per heavy atom. The van der Waals surface area contributed by atoms with Gasteiger partial charge in [-0.3, -0.25) is 9.78 Å². The van der Waals surface area contributed by atoms with Crippen molar-refractivity contribution in [2.45, 2.75) is 19.6 Å². The van der Waals surface area contributed by atoms with Gasteiger partial charge in [-0.15, -0.1) is 0 Å². The first kappa shape index (κ1) is 19.4. The third-order valence-corrected chi connectivity index (χ3v) is 4.03. The van der Waals surface area contributed by atoms with Crippen LogP contribution < -0.4 is 10.6 Å². The van der Waals surface area contributed by atoms with Gasteiger partial charge in [0.1, 0.15) is 0 Å². The van der Waals surface area contributed by atoms with Gasteiger partial charge in [-0.1, -0.05) is 35.9 Å². The van der Waals surface area contributed by atoms with E-state index >= 15 is 0 Å². The molecule has 0 bridgehead atoms. The van der Waals surface area contributed by atoms with Crippen molar-refractivity contribution in [3.8, 4) is 0 Å². The number of benzene rings is 2. The fraction of sp³-hybridized carbons (Fsp3) is 0.143. The molecule has 2 N–H and O–H groups in total. The number of nitrogens with one attached hydrogen (secondary N) is 2. The van der Waals surface area contributed by atoms with Gasteiger partial charge in [0.05, 0.1) is 16.8 Å². The first-order valence-corrected chi connectivity index (χ1v) is 8.54. The minimum Gasteiger partial charge on any atom is -0.380 e. The van der Waals surface area contributed by atoms with Gasteiger partial charge in [-0.2, -0.15) is 13.2 Å². The smallest absolute Gasteiger partial charge is 0.380 e. The number of alkyl halides is 3. The van der Waals surface area contributed by atoms with E-state index in [1.165, 1.54) is 18.3 Å². The van der Waals surface area contributed by atoms with Crippen molar-refractivity contribution in [3.05, 3.63) is 89.2 Å². The van der Waals surface area contributed by atoms with Crippen LogP contribution in [0.1, 0.15) is 27.0 Å². The number of rotatable bonds is 5. The number of carbonyl (C=O) groups is 1. The number of anilines is 2. The number of aromatic nitrogens is 1. The highest BCUT2D eigenvalue weighted by Gasteiger charge is 2.30. The molecule has 28 heavy (non-hydrogen) atoms. The molecule has 3 rings (SSSR count). The Kier molecular flexibility index (Phi) is 5.63. The van der Waals surface area contributed by atoms with E-state index in [9.17, 15) is 18.0 Å². The van der Waals surface area contributed by atoms with Gasteiger partial charge < -0.3 is 10.6 Å². The van der Waals surface area contributed by atoms with E-state index < -0.39 is 17.6 Å². The zero-order valence-corrected chi connectivity index (χ0v) is 15.0. The third kappa shape index (κ3) is 5.09. The number of carbonyl (C=O) groups excluding carboxylic acids is 1. The number of hydrogen-bond acceptors (Lipinski definition) is 3. The Balaban J connectivity index is 1.68. The average Bonchev–Trinajstić information content (AvgIpc) is 2.66. The van der Waals surface area contributed by atoms with Crippen LogP contribution in [0, 0.1) is 6.92 Å². The second kappa shape index (κ2) is 8.12. The number of amides is 1. The Bertz CT molecular complexity index is 986. The van der Waals surface area contributed by atoms with Crippen LogP contribution in [-0.4, -0.2) is 10.9 Å². The van der Waals surface area contributed by atoms with Crippen LogP contribution >= 0.6 is 0 Å². The summed E-state index contributed by atoms with van der Waals surface area (Å²) in [6.07, 6.45) is -1.53. The number of nitrogens with zero attached hydrogens (tertiary/aromatic N) is 1. The molecular weight excluding hydrogens is 367 g/mol. The Hall–Kier alpha value is -3.35. The van der Waals surface area contributed by atoms with Gasteiger partial charge >= 0.3 is 6.18 Å². The van der Waals surface area contributed by atoms with Crippen molar-refractivity contribution in [2.24, 2.45) is 0 Å². The molecule has 0 aliphatic heterocycles. The second-order valence-electron chi connectivity index (χ2n) is 6.34. The topological polar surface area (TPSA) is 54.0 Å². The molecule has 0 fully saturated rings. The molecule has 1 aromatic heterocycles. The van der Waals surface area contributed by atoms with Crippen molar-refractivity contribution in [3.63, 3.8) is 0 Å². The lowest BCUT2D eigenvalue weighted by Crippen LogP contribution is -2.14. The summed E-state index contributed by atoms with van der Waals surface area (Å²) in [4.78, 5) is 16.4. The lowest BCUT2D eigenvalue weighted by atomic mass is 10.1. The van der Waals surface area contributed by atoms with Crippen LogP contribution in [0.3, 0.4) is 0 Å². The molecule has 0 unspecified atom stereocenters. The zero-order chi connectivity index (χ0) is 20.1. The third-order valence-electron chi connectivity index (χ3n) is 4.03. The van der Waals surface area contributed by atoms with Crippen LogP contribution in [-0.2, 0) is 12.7 Å². The normalized spacial score (nSPS) is 11.1. The first-order valence-electron chi connectivity index (χ1n) is 8.54. The molecule has 4 nitrogen and oxygen atoms in total. The molecule has 0 atom stereocenters. The standard InChI is InChI=1S/C21H18F3N3O/c1-14-4-2-5-15(8-14)11-26-19-9-16(12-25-13-19)20(28)27-18-7-3-6-17(10-18)21(22,23)24/h2-10,12-13,26H,11H2,1H3,(H,27,28). The summed E-state index contributed by atoms with van der Waals surface area (Å²) in [5.41, 5.74) is 2.35. The maximum Gasteiger partial charge on any atom is 0.416 e. The van der Waals surface area contributed by atoms with E-state index in [0.717, 1.165) is 23.3 Å². The van der Waals surface area contributed by atoms with E-state index in [1.54, 1.807) is 12.3 Å². The predicted molar refractivity (Wildman–Crippen MR) is 102 cm³/mol. The Morgan fingerprint density at radius 1 is 1.00 bits per heavy atom. The van der Waals surface area contributed by atoms with Gasteiger partial charge in [0.2, 0.25) is 0 Å². The summed E-state index contributed by atoms with van der Waals surface area (Å²) >= 11 is 0. The second-order valence-corrected chi connectivity index (χ2v) is 6.34. The van der Waals surface area contributed by atoms with Crippen LogP contribution in [0.4, 0.5) is 24.5 Å². The maximum atomic E-state index is 12.8. The van der Waals surface area contributed by atoms with Gasteiger partial charge in [-0.25, -0.2) is 0 Å². The zero-order valence-electron chi connectivity index (χ0n) is 15.0. The molecule has 3 aromatic rings. The molecular formula is C21H18F3N3O. The highest BCUT2D eigenvalue weighted by Crippen LogP contribution is 2.30. The predicted octanol–water partition coefficient (Wildman–Crippen LogP) is 5.27. The molecule has 1 heterocycles. The number of aryl methyl sites for hydroxylation is 1. The van der Waals surface area contributed by atoms with Crippen molar-refractivity contribution >= 4 is 17.3 Å². The van der Waals surface area contributed by atoms with E-state index in [2.05, 4.69) is 15.6 Å². The molecule has 0 saturated carbocycles. The number of pyridine rings is 1. The molecule has 0 radical (unpaired) electrons. The number of halogens is 3. The van der Waals surface area contributed by atoms with E-state index in [1.807, 2.05) is 31.2 Å². The summed E-state index contributed by atoms with van der Waals surface area (Å²) in [5.74, 6) is -0.536. The van der Waals surface area contributed by atoms with Crippen molar-refractivity contribution in [2.75, 3.05) is 10.6 Å².